The number of hydrogen-bond donors (Lipinski definition) is 0. The van der Waals surface area contributed by atoms with E-state index >= 15 is 0 Å². The van der Waals surface area contributed by atoms with Crippen LogP contribution < -0.4 is 0 Å². The van der Waals surface area contributed by atoms with Crippen molar-refractivity contribution >= 4 is 0 Å². The van der Waals surface area contributed by atoms with Gasteiger partial charge in [-0.25, -0.2) is 0 Å². The molecule has 0 N–H and O–H groups in total. The Kier molecular flexibility index (Phi) is 41.3. The molecule has 2 saturated carbocycles. The van der Waals surface area contributed by atoms with Crippen LogP contribution in [0.5, 0.6) is 0 Å². The molecule has 0 radical (unpaired) electrons. The molecular formula is C41H78. The van der Waals surface area contributed by atoms with Crippen LogP contribution in [0, 0.1) is 77.4 Å². The summed E-state index contributed by atoms with van der Waals surface area (Å²) in [5.41, 5.74) is 1.26. The molecule has 0 nitrogen and oxygen atoms in total. The lowest BCUT2D eigenvalue weighted by molar-refractivity contribution is 0.541. The van der Waals surface area contributed by atoms with Crippen molar-refractivity contribution in [1.82, 2.24) is 0 Å². The van der Waals surface area contributed by atoms with Crippen LogP contribution in [0.3, 0.4) is 0 Å². The second kappa shape index (κ2) is 34.5. The second-order valence-corrected chi connectivity index (χ2v) is 13.9. The number of rotatable bonds is 7. The van der Waals surface area contributed by atoms with E-state index in [1.165, 1.54) is 37.7 Å². The summed E-state index contributed by atoms with van der Waals surface area (Å²) in [6.45, 7) is 45.0. The average molecular weight is 571 g/mol. The molecule has 0 heterocycles. The third kappa shape index (κ3) is 73.0. The van der Waals surface area contributed by atoms with Crippen molar-refractivity contribution in [2.45, 2.75) is 149 Å². The van der Waals surface area contributed by atoms with Crippen LogP contribution in [0.15, 0.2) is 37.5 Å². The van der Waals surface area contributed by atoms with Gasteiger partial charge in [0.15, 0.2) is 0 Å². The van der Waals surface area contributed by atoms with Crippen molar-refractivity contribution in [1.29, 1.82) is 0 Å². The molecule has 0 unspecified atom stereocenters. The van der Waals surface area contributed by atoms with Gasteiger partial charge in [-0.2, -0.15) is 0 Å². The quantitative estimate of drug-likeness (QED) is 0.211. The fourth-order valence-electron chi connectivity index (χ4n) is 2.41. The highest BCUT2D eigenvalue weighted by Gasteiger charge is 2.24. The van der Waals surface area contributed by atoms with Crippen LogP contribution in [0.25, 0.3) is 0 Å². The molecule has 0 aromatic rings. The van der Waals surface area contributed by atoms with Gasteiger partial charge in [-0.3, -0.25) is 0 Å². The topological polar surface area (TPSA) is 0 Å². The molecule has 0 saturated heterocycles. The van der Waals surface area contributed by atoms with Crippen molar-refractivity contribution in [3.63, 3.8) is 0 Å². The number of allylic oxidation sites excluding steroid dienone is 3. The first-order valence-corrected chi connectivity index (χ1v) is 16.6. The molecular weight excluding hydrogens is 492 g/mol. The minimum absolute atomic E-state index is 0.412. The van der Waals surface area contributed by atoms with E-state index in [-0.39, 0.29) is 0 Å². The lowest BCUT2D eigenvalue weighted by Gasteiger charge is -1.98. The summed E-state index contributed by atoms with van der Waals surface area (Å²) in [6.07, 6.45) is 17.4. The van der Waals surface area contributed by atoms with Gasteiger partial charge in [0.05, 0.1) is 0 Å². The summed E-state index contributed by atoms with van der Waals surface area (Å²) in [7, 11) is 0. The van der Waals surface area contributed by atoms with Crippen LogP contribution in [0.4, 0.5) is 0 Å². The Balaban J connectivity index is -0.000000123. The third-order valence-corrected chi connectivity index (χ3v) is 5.93. The summed E-state index contributed by atoms with van der Waals surface area (Å²) < 4.78 is 0. The Morgan fingerprint density at radius 1 is 0.780 bits per heavy atom. The van der Waals surface area contributed by atoms with Crippen molar-refractivity contribution in [3.8, 4) is 24.2 Å². The minimum Gasteiger partial charge on any atom is -0.120 e. The summed E-state index contributed by atoms with van der Waals surface area (Å²) in [5.74, 6) is 15.5. The van der Waals surface area contributed by atoms with Gasteiger partial charge in [-0.1, -0.05) is 134 Å². The van der Waals surface area contributed by atoms with Crippen molar-refractivity contribution in [2.24, 2.45) is 53.3 Å². The smallest absolute Gasteiger partial charge is 0.0146 e. The Hall–Kier alpha value is -1.66. The van der Waals surface area contributed by atoms with E-state index < -0.39 is 0 Å². The molecule has 2 fully saturated rings. The molecule has 41 heavy (non-hydrogen) atoms. The molecule has 2 aliphatic carbocycles. The van der Waals surface area contributed by atoms with Crippen LogP contribution in [0.1, 0.15) is 149 Å². The lowest BCUT2D eigenvalue weighted by Crippen LogP contribution is -1.86. The van der Waals surface area contributed by atoms with Gasteiger partial charge in [-0.05, 0) is 81.0 Å². The van der Waals surface area contributed by atoms with E-state index in [1.54, 1.807) is 0 Å². The van der Waals surface area contributed by atoms with E-state index in [2.05, 4.69) is 121 Å². The summed E-state index contributed by atoms with van der Waals surface area (Å²) in [5, 5.41) is 0. The predicted molar refractivity (Wildman–Crippen MR) is 196 cm³/mol. The molecule has 0 aromatic carbocycles. The van der Waals surface area contributed by atoms with Crippen LogP contribution in [-0.2, 0) is 0 Å². The molecule has 0 bridgehead atoms. The summed E-state index contributed by atoms with van der Waals surface area (Å²) >= 11 is 0. The van der Waals surface area contributed by atoms with Gasteiger partial charge >= 0.3 is 0 Å². The Bertz CT molecular complexity index is 655. The van der Waals surface area contributed by atoms with Gasteiger partial charge in [0.25, 0.3) is 0 Å². The standard InChI is InChI=1S/C7H14.3C6H12.C6H10.C5H10.C5H8/c1-6(2)5-7-3-4-7;1-5(2)6-3-4-6;1-5(2)6(3)4;2*1-4-5-6(2)3;2*1-4-5(2)3/h6-7H,3-5H2,1-2H3;5-6H,3-4H2,1-2H3;6H,1H2,2-4H3;4,6H,1,5H2,2-3H3;6H,1-3H3;4-5H,1H2,2-3H3;1,5H,2-3H3. The molecule has 0 aliphatic heterocycles. The fraction of sp³-hybridized carbons (Fsp3) is 0.756. The highest BCUT2D eigenvalue weighted by atomic mass is 14.3. The van der Waals surface area contributed by atoms with Gasteiger partial charge in [-0.15, -0.1) is 37.3 Å². The number of terminal acetylenes is 1. The molecule has 0 amide bonds. The molecule has 0 atom stereocenters. The van der Waals surface area contributed by atoms with Crippen LogP contribution in [0.2, 0.25) is 0 Å². The molecule has 2 rings (SSSR count). The maximum absolute atomic E-state index is 4.92. The molecule has 0 heteroatoms. The molecule has 2 aliphatic rings. The highest BCUT2D eigenvalue weighted by molar-refractivity contribution is 4.97. The zero-order chi connectivity index (χ0) is 33.6. The van der Waals surface area contributed by atoms with E-state index in [4.69, 9.17) is 6.42 Å². The van der Waals surface area contributed by atoms with Crippen molar-refractivity contribution < 1.29 is 0 Å². The average Bonchev–Trinajstić information content (AvgIpc) is 3.75. The Morgan fingerprint density at radius 2 is 1.17 bits per heavy atom. The normalized spacial score (nSPS) is 12.6. The van der Waals surface area contributed by atoms with Crippen LogP contribution >= 0.6 is 0 Å². The van der Waals surface area contributed by atoms with E-state index in [9.17, 15) is 0 Å². The van der Waals surface area contributed by atoms with Crippen molar-refractivity contribution in [2.75, 3.05) is 0 Å². The third-order valence-electron chi connectivity index (χ3n) is 5.93. The predicted octanol–water partition coefficient (Wildman–Crippen LogP) is 13.7. The van der Waals surface area contributed by atoms with Gasteiger partial charge in [0.1, 0.15) is 0 Å². The maximum atomic E-state index is 4.92. The molecule has 0 spiro atoms. The highest BCUT2D eigenvalue weighted by Crippen LogP contribution is 2.36. The van der Waals surface area contributed by atoms with Crippen molar-refractivity contribution in [3.05, 3.63) is 37.5 Å². The minimum atomic E-state index is 0.412. The Labute approximate surface area is 263 Å². The fourth-order valence-corrected chi connectivity index (χ4v) is 2.41. The zero-order valence-corrected chi connectivity index (χ0v) is 31.3. The first-order chi connectivity index (χ1) is 18.8. The SMILES string of the molecule is C#CC(C)C.C=C(C)C(C)C.C=CC(C)C.C=CCC(C)C.CC#CC(C)C.CC(C)C1CC1.CC(C)CC1CC1. The van der Waals surface area contributed by atoms with Gasteiger partial charge in [0.2, 0.25) is 0 Å². The molecule has 0 aromatic heterocycles. The van der Waals surface area contributed by atoms with E-state index in [1.807, 2.05) is 39.8 Å². The molecule has 242 valence electrons. The van der Waals surface area contributed by atoms with Crippen LogP contribution in [-0.4, -0.2) is 0 Å². The van der Waals surface area contributed by atoms with Gasteiger partial charge < -0.3 is 0 Å². The first-order valence-electron chi connectivity index (χ1n) is 16.6. The van der Waals surface area contributed by atoms with E-state index in [0.29, 0.717) is 23.7 Å². The number of hydrogen-bond acceptors (Lipinski definition) is 0. The maximum Gasteiger partial charge on any atom is 0.0146 e. The largest absolute Gasteiger partial charge is 0.120 e. The first kappa shape index (κ1) is 49.0. The summed E-state index contributed by atoms with van der Waals surface area (Å²) in [6, 6.07) is 0. The monoisotopic (exact) mass is 571 g/mol. The van der Waals surface area contributed by atoms with Gasteiger partial charge in [0, 0.05) is 11.8 Å². The zero-order valence-electron chi connectivity index (χ0n) is 31.3. The second-order valence-electron chi connectivity index (χ2n) is 13.9. The summed E-state index contributed by atoms with van der Waals surface area (Å²) in [4.78, 5) is 0. The Morgan fingerprint density at radius 3 is 1.20 bits per heavy atom. The lowest BCUT2D eigenvalue weighted by atomic mass is 10.1. The van der Waals surface area contributed by atoms with E-state index in [0.717, 1.165) is 36.0 Å².